The third-order valence-corrected chi connectivity index (χ3v) is 4.64. The van der Waals surface area contributed by atoms with Gasteiger partial charge >= 0.3 is 5.69 Å². The summed E-state index contributed by atoms with van der Waals surface area (Å²) in [5.41, 5.74) is 7.58. The van der Waals surface area contributed by atoms with Crippen molar-refractivity contribution >= 4 is 11.4 Å². The second-order valence-electron chi connectivity index (χ2n) is 7.18. The van der Waals surface area contributed by atoms with Gasteiger partial charge in [-0.25, -0.2) is 0 Å². The number of phenolic OH excluding ortho intramolecular Hbond substituents is 2. The Labute approximate surface area is 196 Å². The molecule has 8 nitrogen and oxygen atoms in total. The van der Waals surface area contributed by atoms with E-state index < -0.39 is 4.92 Å². The van der Waals surface area contributed by atoms with Gasteiger partial charge in [-0.15, -0.1) is 0 Å². The van der Waals surface area contributed by atoms with Gasteiger partial charge in [0.15, 0.2) is 5.75 Å². The van der Waals surface area contributed by atoms with E-state index in [2.05, 4.69) is 0 Å². The van der Waals surface area contributed by atoms with Crippen LogP contribution >= 0.6 is 0 Å². The van der Waals surface area contributed by atoms with Crippen molar-refractivity contribution in [3.63, 3.8) is 0 Å². The summed E-state index contributed by atoms with van der Waals surface area (Å²) in [6.07, 6.45) is 0. The molecule has 4 aromatic rings. The lowest BCUT2D eigenvalue weighted by molar-refractivity contribution is -0.385. The van der Waals surface area contributed by atoms with Crippen molar-refractivity contribution in [1.82, 2.24) is 0 Å². The van der Waals surface area contributed by atoms with Crippen molar-refractivity contribution in [2.24, 2.45) is 0 Å². The summed E-state index contributed by atoms with van der Waals surface area (Å²) in [5, 5.41) is 29.2. The molecule has 34 heavy (non-hydrogen) atoms. The Balaban J connectivity index is 0.000000192. The topological polar surface area (TPSA) is 128 Å². The number of hydrogen-bond donors (Lipinski definition) is 3. The number of nitrogen functional groups attached to an aromatic ring is 1. The molecule has 0 radical (unpaired) electrons. The lowest BCUT2D eigenvalue weighted by Gasteiger charge is -2.07. The molecule has 4 aromatic carbocycles. The Morgan fingerprint density at radius 3 is 1.65 bits per heavy atom. The number of nitrogens with zero attached hydrogens (tertiary/aromatic N) is 1. The van der Waals surface area contributed by atoms with E-state index in [-0.39, 0.29) is 17.2 Å². The third kappa shape index (κ3) is 7.16. The highest BCUT2D eigenvalue weighted by Crippen LogP contribution is 2.30. The first-order chi connectivity index (χ1) is 16.4. The Morgan fingerprint density at radius 2 is 1.18 bits per heavy atom. The van der Waals surface area contributed by atoms with Gasteiger partial charge in [-0.3, -0.25) is 10.1 Å². The fourth-order valence-electron chi connectivity index (χ4n) is 2.84. The first-order valence-corrected chi connectivity index (χ1v) is 10.3. The maximum absolute atomic E-state index is 10.6. The highest BCUT2D eigenvalue weighted by atomic mass is 16.6. The molecule has 4 N–H and O–H groups in total. The molecule has 4 rings (SSSR count). The van der Waals surface area contributed by atoms with E-state index in [1.54, 1.807) is 12.1 Å². The molecule has 0 fully saturated rings. The molecule has 0 heterocycles. The highest BCUT2D eigenvalue weighted by molar-refractivity contribution is 5.55. The minimum atomic E-state index is -0.648. The van der Waals surface area contributed by atoms with E-state index >= 15 is 0 Å². The van der Waals surface area contributed by atoms with Gasteiger partial charge in [0.2, 0.25) is 0 Å². The molecular weight excluding hydrogens is 436 g/mol. The molecular formula is C26H24N2O6. The molecule has 0 amide bonds. The van der Waals surface area contributed by atoms with Gasteiger partial charge in [-0.1, -0.05) is 60.7 Å². The predicted molar refractivity (Wildman–Crippen MR) is 129 cm³/mol. The molecule has 0 unspecified atom stereocenters. The van der Waals surface area contributed by atoms with Crippen LogP contribution in [-0.2, 0) is 13.2 Å². The van der Waals surface area contributed by atoms with Crippen molar-refractivity contribution in [2.45, 2.75) is 13.2 Å². The SMILES string of the molecule is Nc1cc(OCc2ccccc2)ccc1O.O=[N+]([O-])c1cc(OCc2ccccc2)ccc1O. The average molecular weight is 460 g/mol. The quantitative estimate of drug-likeness (QED) is 0.145. The van der Waals surface area contributed by atoms with Gasteiger partial charge in [0.1, 0.15) is 30.5 Å². The molecule has 0 spiro atoms. The number of rotatable bonds is 7. The summed E-state index contributed by atoms with van der Waals surface area (Å²) in [6, 6.07) is 28.1. The summed E-state index contributed by atoms with van der Waals surface area (Å²) in [4.78, 5) is 9.99. The van der Waals surface area contributed by atoms with E-state index in [0.717, 1.165) is 11.1 Å². The van der Waals surface area contributed by atoms with Crippen LogP contribution in [0.3, 0.4) is 0 Å². The zero-order chi connectivity index (χ0) is 24.3. The first-order valence-electron chi connectivity index (χ1n) is 10.3. The summed E-state index contributed by atoms with van der Waals surface area (Å²) < 4.78 is 11.0. The van der Waals surface area contributed by atoms with Gasteiger partial charge in [0, 0.05) is 6.07 Å². The van der Waals surface area contributed by atoms with Crippen molar-refractivity contribution in [2.75, 3.05) is 5.73 Å². The Morgan fingerprint density at radius 1 is 0.706 bits per heavy atom. The van der Waals surface area contributed by atoms with Crippen LogP contribution in [0.4, 0.5) is 11.4 Å². The number of benzene rings is 4. The van der Waals surface area contributed by atoms with Gasteiger partial charge in [0.25, 0.3) is 0 Å². The van der Waals surface area contributed by atoms with E-state index in [9.17, 15) is 20.3 Å². The largest absolute Gasteiger partial charge is 0.506 e. The first kappa shape index (κ1) is 23.9. The Kier molecular flexibility index (Phi) is 8.29. The summed E-state index contributed by atoms with van der Waals surface area (Å²) in [5.74, 6) is 0.710. The average Bonchev–Trinajstić information content (AvgIpc) is 2.86. The van der Waals surface area contributed by atoms with E-state index in [4.69, 9.17) is 15.2 Å². The predicted octanol–water partition coefficient (Wildman–Crippen LogP) is 5.43. The van der Waals surface area contributed by atoms with Crippen LogP contribution in [0.1, 0.15) is 11.1 Å². The zero-order valence-electron chi connectivity index (χ0n) is 18.2. The minimum Gasteiger partial charge on any atom is -0.506 e. The minimum absolute atomic E-state index is 0.0760. The number of nitrogens with two attached hydrogens (primary N) is 1. The highest BCUT2D eigenvalue weighted by Gasteiger charge is 2.14. The fraction of sp³-hybridized carbons (Fsp3) is 0.0769. The number of nitro benzene ring substituents is 1. The molecule has 0 bridgehead atoms. The number of phenols is 2. The van der Waals surface area contributed by atoms with Crippen LogP contribution in [0, 0.1) is 10.1 Å². The third-order valence-electron chi connectivity index (χ3n) is 4.64. The Hall–Kier alpha value is -4.72. The molecule has 0 atom stereocenters. The van der Waals surface area contributed by atoms with Crippen LogP contribution in [0.25, 0.3) is 0 Å². The number of anilines is 1. The van der Waals surface area contributed by atoms with Crippen LogP contribution in [0.5, 0.6) is 23.0 Å². The van der Waals surface area contributed by atoms with Crippen molar-refractivity contribution in [3.8, 4) is 23.0 Å². The van der Waals surface area contributed by atoms with Gasteiger partial charge < -0.3 is 25.4 Å². The number of aromatic hydroxyl groups is 2. The second-order valence-corrected chi connectivity index (χ2v) is 7.18. The summed E-state index contributed by atoms with van der Waals surface area (Å²) >= 11 is 0. The van der Waals surface area contributed by atoms with Crippen LogP contribution in [-0.4, -0.2) is 15.1 Å². The molecule has 0 aliphatic carbocycles. The molecule has 0 saturated carbocycles. The van der Waals surface area contributed by atoms with Gasteiger partial charge in [-0.05, 0) is 35.4 Å². The standard InChI is InChI=1S/C13H11NO4.C13H13NO2/c15-13-7-6-11(8-12(13)14(16)17)18-9-10-4-2-1-3-5-10;14-12-8-11(6-7-13(12)15)16-9-10-4-2-1-3-5-10/h1-8,15H,9H2;1-8,15H,9,14H2. The fourth-order valence-corrected chi connectivity index (χ4v) is 2.84. The lowest BCUT2D eigenvalue weighted by Crippen LogP contribution is -1.96. The molecule has 174 valence electrons. The second kappa shape index (κ2) is 11.8. The van der Waals surface area contributed by atoms with E-state index in [0.29, 0.717) is 30.4 Å². The van der Waals surface area contributed by atoms with E-state index in [1.165, 1.54) is 24.3 Å². The maximum atomic E-state index is 10.6. The monoisotopic (exact) mass is 460 g/mol. The summed E-state index contributed by atoms with van der Waals surface area (Å²) in [6.45, 7) is 0.813. The van der Waals surface area contributed by atoms with Crippen molar-refractivity contribution in [1.29, 1.82) is 0 Å². The molecule has 0 saturated heterocycles. The van der Waals surface area contributed by atoms with Crippen molar-refractivity contribution in [3.05, 3.63) is 118 Å². The molecule has 8 heteroatoms. The number of ether oxygens (including phenoxy) is 2. The number of nitro groups is 1. The van der Waals surface area contributed by atoms with Crippen molar-refractivity contribution < 1.29 is 24.6 Å². The Bertz CT molecular complexity index is 1220. The van der Waals surface area contributed by atoms with Crippen LogP contribution in [0.2, 0.25) is 0 Å². The van der Waals surface area contributed by atoms with Crippen LogP contribution in [0.15, 0.2) is 97.1 Å². The lowest BCUT2D eigenvalue weighted by atomic mass is 10.2. The van der Waals surface area contributed by atoms with Gasteiger partial charge in [0.05, 0.1) is 16.7 Å². The van der Waals surface area contributed by atoms with Gasteiger partial charge in [-0.2, -0.15) is 0 Å². The smallest absolute Gasteiger partial charge is 0.314 e. The molecule has 0 aromatic heterocycles. The zero-order valence-corrected chi connectivity index (χ0v) is 18.2. The van der Waals surface area contributed by atoms with Crippen LogP contribution < -0.4 is 15.2 Å². The summed E-state index contributed by atoms with van der Waals surface area (Å²) in [7, 11) is 0. The maximum Gasteiger partial charge on any atom is 0.314 e. The normalized spacial score (nSPS) is 10.0. The molecule has 0 aliphatic heterocycles. The molecule has 0 aliphatic rings. The van der Waals surface area contributed by atoms with E-state index in [1.807, 2.05) is 60.7 Å². The number of hydrogen-bond acceptors (Lipinski definition) is 7.